The normalized spacial score (nSPS) is 22.7. The van der Waals surface area contributed by atoms with Crippen molar-refractivity contribution in [3.05, 3.63) is 0 Å². The zero-order valence-corrected chi connectivity index (χ0v) is 12.9. The fourth-order valence-electron chi connectivity index (χ4n) is 2.39. The molecule has 0 aliphatic carbocycles. The van der Waals surface area contributed by atoms with Gasteiger partial charge in [0.05, 0.1) is 5.60 Å². The molecule has 0 aromatic rings. The van der Waals surface area contributed by atoms with Gasteiger partial charge >= 0.3 is 0 Å². The minimum absolute atomic E-state index is 0.297. The highest BCUT2D eigenvalue weighted by atomic mass is 16.3. The molecule has 1 aliphatic heterocycles. The first kappa shape index (κ1) is 15.9. The van der Waals surface area contributed by atoms with E-state index in [0.717, 1.165) is 5.92 Å². The molecule has 0 amide bonds. The van der Waals surface area contributed by atoms with Gasteiger partial charge in [-0.1, -0.05) is 27.7 Å². The van der Waals surface area contributed by atoms with Gasteiger partial charge in [-0.15, -0.1) is 0 Å². The highest BCUT2D eigenvalue weighted by molar-refractivity contribution is 4.84. The third kappa shape index (κ3) is 5.25. The van der Waals surface area contributed by atoms with Gasteiger partial charge in [-0.2, -0.15) is 0 Å². The lowest BCUT2D eigenvalue weighted by molar-refractivity contribution is 0.00952. The van der Waals surface area contributed by atoms with Gasteiger partial charge < -0.3 is 15.3 Å². The van der Waals surface area contributed by atoms with Crippen molar-refractivity contribution in [2.24, 2.45) is 11.8 Å². The van der Waals surface area contributed by atoms with E-state index >= 15 is 0 Å². The maximum Gasteiger partial charge on any atom is 0.0766 e. The Labute approximate surface area is 113 Å². The van der Waals surface area contributed by atoms with Gasteiger partial charge in [0.2, 0.25) is 0 Å². The van der Waals surface area contributed by atoms with Crippen LogP contribution in [-0.2, 0) is 0 Å². The van der Waals surface area contributed by atoms with Crippen LogP contribution >= 0.6 is 0 Å². The maximum absolute atomic E-state index is 10.2. The molecule has 18 heavy (non-hydrogen) atoms. The summed E-state index contributed by atoms with van der Waals surface area (Å²) < 4.78 is 0. The first-order valence-electron chi connectivity index (χ1n) is 7.49. The van der Waals surface area contributed by atoms with E-state index < -0.39 is 5.60 Å². The zero-order chi connectivity index (χ0) is 13.8. The lowest BCUT2D eigenvalue weighted by atomic mass is 9.92. The third-order valence-electron chi connectivity index (χ3n) is 4.20. The molecular weight excluding hydrogens is 224 g/mol. The topological polar surface area (TPSA) is 35.5 Å². The molecule has 0 aromatic carbocycles. The second-order valence-corrected chi connectivity index (χ2v) is 6.86. The smallest absolute Gasteiger partial charge is 0.0766 e. The average Bonchev–Trinajstić information content (AvgIpc) is 2.27. The molecule has 108 valence electrons. The largest absolute Gasteiger partial charge is 0.389 e. The van der Waals surface area contributed by atoms with Crippen LogP contribution in [0.2, 0.25) is 0 Å². The van der Waals surface area contributed by atoms with Crippen molar-refractivity contribution in [1.82, 2.24) is 10.2 Å². The molecule has 0 bridgehead atoms. The SMILES string of the molecule is CC(C)CN1CCC(NCC(C)(O)C(C)C)CC1. The molecule has 1 atom stereocenters. The zero-order valence-electron chi connectivity index (χ0n) is 12.9. The summed E-state index contributed by atoms with van der Waals surface area (Å²) in [6.07, 6.45) is 2.42. The lowest BCUT2D eigenvalue weighted by Gasteiger charge is -2.36. The minimum Gasteiger partial charge on any atom is -0.389 e. The Kier molecular flexibility index (Phi) is 6.09. The molecule has 0 spiro atoms. The predicted octanol–water partition coefficient (Wildman–Crippen LogP) is 2.10. The highest BCUT2D eigenvalue weighted by Gasteiger charge is 2.27. The molecule has 3 nitrogen and oxygen atoms in total. The number of rotatable bonds is 6. The number of nitrogens with one attached hydrogen (secondary N) is 1. The first-order valence-corrected chi connectivity index (χ1v) is 7.49. The monoisotopic (exact) mass is 256 g/mol. The molecule has 0 saturated carbocycles. The Morgan fingerprint density at radius 2 is 1.78 bits per heavy atom. The van der Waals surface area contributed by atoms with E-state index in [4.69, 9.17) is 0 Å². The van der Waals surface area contributed by atoms with Gasteiger partial charge in [-0.25, -0.2) is 0 Å². The summed E-state index contributed by atoms with van der Waals surface area (Å²) in [4.78, 5) is 2.56. The van der Waals surface area contributed by atoms with E-state index in [9.17, 15) is 5.11 Å². The molecule has 0 radical (unpaired) electrons. The minimum atomic E-state index is -0.588. The summed E-state index contributed by atoms with van der Waals surface area (Å²) in [5.41, 5.74) is -0.588. The van der Waals surface area contributed by atoms with E-state index in [-0.39, 0.29) is 0 Å². The summed E-state index contributed by atoms with van der Waals surface area (Å²) >= 11 is 0. The van der Waals surface area contributed by atoms with Crippen molar-refractivity contribution in [2.75, 3.05) is 26.2 Å². The van der Waals surface area contributed by atoms with Crippen LogP contribution < -0.4 is 5.32 Å². The van der Waals surface area contributed by atoms with E-state index in [2.05, 4.69) is 37.9 Å². The van der Waals surface area contributed by atoms with Crippen molar-refractivity contribution in [2.45, 2.75) is 59.1 Å². The van der Waals surface area contributed by atoms with Crippen LogP contribution in [-0.4, -0.2) is 47.8 Å². The summed E-state index contributed by atoms with van der Waals surface area (Å²) in [6, 6.07) is 0.582. The van der Waals surface area contributed by atoms with Crippen molar-refractivity contribution < 1.29 is 5.11 Å². The molecule has 1 aliphatic rings. The molecule has 1 rings (SSSR count). The van der Waals surface area contributed by atoms with E-state index in [1.54, 1.807) is 0 Å². The first-order chi connectivity index (χ1) is 8.31. The second kappa shape index (κ2) is 6.88. The van der Waals surface area contributed by atoms with Crippen LogP contribution in [0.1, 0.15) is 47.5 Å². The van der Waals surface area contributed by atoms with Crippen molar-refractivity contribution in [1.29, 1.82) is 0 Å². The lowest BCUT2D eigenvalue weighted by Crippen LogP contribution is -2.49. The van der Waals surface area contributed by atoms with Crippen LogP contribution in [0.4, 0.5) is 0 Å². The van der Waals surface area contributed by atoms with Gasteiger partial charge in [0.25, 0.3) is 0 Å². The number of hydrogen-bond acceptors (Lipinski definition) is 3. The van der Waals surface area contributed by atoms with Crippen LogP contribution in [0.5, 0.6) is 0 Å². The molecule has 3 heteroatoms. The van der Waals surface area contributed by atoms with Gasteiger partial charge in [0, 0.05) is 19.1 Å². The summed E-state index contributed by atoms with van der Waals surface area (Å²) in [5, 5.41) is 13.8. The molecule has 1 heterocycles. The predicted molar refractivity (Wildman–Crippen MR) is 77.8 cm³/mol. The van der Waals surface area contributed by atoms with Gasteiger partial charge in [-0.3, -0.25) is 0 Å². The fourth-order valence-corrected chi connectivity index (χ4v) is 2.39. The van der Waals surface area contributed by atoms with Crippen LogP contribution in [0.15, 0.2) is 0 Å². The molecule has 2 N–H and O–H groups in total. The number of piperidine rings is 1. The van der Waals surface area contributed by atoms with E-state index in [0.29, 0.717) is 18.5 Å². The maximum atomic E-state index is 10.2. The third-order valence-corrected chi connectivity index (χ3v) is 4.20. The highest BCUT2D eigenvalue weighted by Crippen LogP contribution is 2.17. The summed E-state index contributed by atoms with van der Waals surface area (Å²) in [7, 11) is 0. The van der Waals surface area contributed by atoms with Gasteiger partial charge in [0.1, 0.15) is 0 Å². The van der Waals surface area contributed by atoms with Crippen LogP contribution in [0, 0.1) is 11.8 Å². The van der Waals surface area contributed by atoms with Crippen molar-refractivity contribution in [3.8, 4) is 0 Å². The van der Waals surface area contributed by atoms with Crippen LogP contribution in [0.3, 0.4) is 0 Å². The number of likely N-dealkylation sites (tertiary alicyclic amines) is 1. The Bertz CT molecular complexity index is 231. The van der Waals surface area contributed by atoms with Gasteiger partial charge in [-0.05, 0) is 44.7 Å². The van der Waals surface area contributed by atoms with Gasteiger partial charge in [0.15, 0.2) is 0 Å². The quantitative estimate of drug-likeness (QED) is 0.764. The van der Waals surface area contributed by atoms with Crippen LogP contribution in [0.25, 0.3) is 0 Å². The van der Waals surface area contributed by atoms with E-state index in [1.165, 1.54) is 32.5 Å². The molecule has 1 unspecified atom stereocenters. The van der Waals surface area contributed by atoms with Crippen molar-refractivity contribution >= 4 is 0 Å². The number of hydrogen-bond donors (Lipinski definition) is 2. The Morgan fingerprint density at radius 1 is 1.22 bits per heavy atom. The average molecular weight is 256 g/mol. The summed E-state index contributed by atoms with van der Waals surface area (Å²) in [6.45, 7) is 15.0. The summed E-state index contributed by atoms with van der Waals surface area (Å²) in [5.74, 6) is 1.06. The standard InChI is InChI=1S/C15H32N2O/c1-12(2)10-17-8-6-14(7-9-17)16-11-15(5,18)13(3)4/h12-14,16,18H,6-11H2,1-5H3. The molecular formula is C15H32N2O. The Morgan fingerprint density at radius 3 is 2.22 bits per heavy atom. The Hall–Kier alpha value is -0.120. The van der Waals surface area contributed by atoms with Crippen molar-refractivity contribution in [3.63, 3.8) is 0 Å². The van der Waals surface area contributed by atoms with E-state index in [1.807, 2.05) is 6.92 Å². The molecule has 1 saturated heterocycles. The fraction of sp³-hybridized carbons (Fsp3) is 1.00. The second-order valence-electron chi connectivity index (χ2n) is 6.86. The molecule has 0 aromatic heterocycles. The number of nitrogens with zero attached hydrogens (tertiary/aromatic N) is 1. The Balaban J connectivity index is 2.24. The number of aliphatic hydroxyl groups is 1. The molecule has 1 fully saturated rings.